The molecule has 0 aromatic heterocycles. The Labute approximate surface area is 130 Å². The summed E-state index contributed by atoms with van der Waals surface area (Å²) in [5.74, 6) is 0.910. The molecule has 110 valence electrons. The second-order valence-electron chi connectivity index (χ2n) is 6.46. The molecule has 0 bridgehead atoms. The molecule has 1 aromatic rings. The summed E-state index contributed by atoms with van der Waals surface area (Å²) in [4.78, 5) is 2.71. The lowest BCUT2D eigenvalue weighted by Crippen LogP contribution is -2.49. The molecule has 2 aliphatic rings. The summed E-state index contributed by atoms with van der Waals surface area (Å²) in [6.07, 6.45) is 6.92. The van der Waals surface area contributed by atoms with Gasteiger partial charge in [0.2, 0.25) is 0 Å². The minimum Gasteiger partial charge on any atom is -0.326 e. The van der Waals surface area contributed by atoms with Crippen molar-refractivity contribution in [3.63, 3.8) is 0 Å². The highest BCUT2D eigenvalue weighted by Crippen LogP contribution is 2.42. The molecule has 1 aliphatic carbocycles. The Balaban J connectivity index is 1.92. The van der Waals surface area contributed by atoms with E-state index in [9.17, 15) is 0 Å². The maximum Gasteiger partial charge on any atom is 0.0510 e. The van der Waals surface area contributed by atoms with Gasteiger partial charge >= 0.3 is 0 Å². The van der Waals surface area contributed by atoms with Gasteiger partial charge in [-0.05, 0) is 56.7 Å². The number of nitrogens with zero attached hydrogens (tertiary/aromatic N) is 1. The monoisotopic (exact) mass is 336 g/mol. The Bertz CT molecular complexity index is 460. The summed E-state index contributed by atoms with van der Waals surface area (Å²) >= 11 is 3.72. The number of nitrogens with two attached hydrogens (primary N) is 1. The molecule has 1 saturated heterocycles. The van der Waals surface area contributed by atoms with Crippen LogP contribution in [0, 0.1) is 5.92 Å². The van der Waals surface area contributed by atoms with Crippen LogP contribution < -0.4 is 5.73 Å². The van der Waals surface area contributed by atoms with Crippen LogP contribution in [0.2, 0.25) is 0 Å². The van der Waals surface area contributed by atoms with Crippen LogP contribution in [-0.2, 0) is 0 Å². The van der Waals surface area contributed by atoms with Crippen LogP contribution in [0.3, 0.4) is 0 Å². The number of benzene rings is 1. The van der Waals surface area contributed by atoms with E-state index in [2.05, 4.69) is 52.0 Å². The van der Waals surface area contributed by atoms with Gasteiger partial charge < -0.3 is 5.73 Å². The van der Waals surface area contributed by atoms with Crippen LogP contribution >= 0.6 is 15.9 Å². The summed E-state index contributed by atoms with van der Waals surface area (Å²) in [7, 11) is 0. The van der Waals surface area contributed by atoms with Gasteiger partial charge in [0.25, 0.3) is 0 Å². The molecule has 2 fully saturated rings. The predicted molar refractivity (Wildman–Crippen MR) is 87.6 cm³/mol. The summed E-state index contributed by atoms with van der Waals surface area (Å²) in [6, 6.07) is 9.85. The number of piperidine rings is 1. The van der Waals surface area contributed by atoms with Gasteiger partial charge in [-0.3, -0.25) is 4.90 Å². The quantitative estimate of drug-likeness (QED) is 0.900. The van der Waals surface area contributed by atoms with Crippen molar-refractivity contribution in [2.75, 3.05) is 6.54 Å². The molecular weight excluding hydrogens is 312 g/mol. The average Bonchev–Trinajstić information content (AvgIpc) is 2.90. The van der Waals surface area contributed by atoms with Crippen molar-refractivity contribution in [3.8, 4) is 0 Å². The molecule has 2 nitrogen and oxygen atoms in total. The van der Waals surface area contributed by atoms with Crippen molar-refractivity contribution < 1.29 is 0 Å². The van der Waals surface area contributed by atoms with Crippen LogP contribution in [0.5, 0.6) is 0 Å². The Hall–Kier alpha value is -0.380. The van der Waals surface area contributed by atoms with Crippen LogP contribution in [0.15, 0.2) is 28.7 Å². The average molecular weight is 337 g/mol. The molecule has 3 rings (SSSR count). The van der Waals surface area contributed by atoms with Gasteiger partial charge in [0.05, 0.1) is 6.04 Å². The summed E-state index contributed by atoms with van der Waals surface area (Å²) in [6.45, 7) is 3.36. The van der Waals surface area contributed by atoms with Crippen LogP contribution in [0.4, 0.5) is 0 Å². The number of rotatable bonds is 3. The Morgan fingerprint density at radius 3 is 2.70 bits per heavy atom. The topological polar surface area (TPSA) is 29.3 Å². The van der Waals surface area contributed by atoms with E-state index < -0.39 is 0 Å². The van der Waals surface area contributed by atoms with Crippen molar-refractivity contribution >= 4 is 15.9 Å². The summed E-state index contributed by atoms with van der Waals surface area (Å²) < 4.78 is 1.20. The Morgan fingerprint density at radius 1 is 1.20 bits per heavy atom. The van der Waals surface area contributed by atoms with Crippen molar-refractivity contribution in [2.45, 2.75) is 57.2 Å². The first-order valence-electron chi connectivity index (χ1n) is 7.94. The van der Waals surface area contributed by atoms with E-state index in [1.807, 2.05) is 0 Å². The highest BCUT2D eigenvalue weighted by Gasteiger charge is 2.39. The fourth-order valence-electron chi connectivity index (χ4n) is 4.32. The molecule has 0 amide bonds. The van der Waals surface area contributed by atoms with Gasteiger partial charge in [-0.25, -0.2) is 0 Å². The van der Waals surface area contributed by atoms with E-state index in [1.54, 1.807) is 0 Å². The van der Waals surface area contributed by atoms with Crippen molar-refractivity contribution in [3.05, 3.63) is 34.3 Å². The zero-order valence-electron chi connectivity index (χ0n) is 12.3. The van der Waals surface area contributed by atoms with Gasteiger partial charge in [0, 0.05) is 16.6 Å². The number of likely N-dealkylation sites (tertiary alicyclic amines) is 1. The zero-order valence-corrected chi connectivity index (χ0v) is 13.8. The lowest BCUT2D eigenvalue weighted by atomic mass is 9.87. The van der Waals surface area contributed by atoms with Crippen molar-refractivity contribution in [2.24, 2.45) is 11.7 Å². The van der Waals surface area contributed by atoms with Crippen LogP contribution in [-0.4, -0.2) is 23.5 Å². The number of hydrogen-bond donors (Lipinski definition) is 1. The third-order valence-electron chi connectivity index (χ3n) is 5.12. The van der Waals surface area contributed by atoms with E-state index in [-0.39, 0.29) is 6.04 Å². The molecule has 1 aromatic carbocycles. The lowest BCUT2D eigenvalue weighted by molar-refractivity contribution is 0.0568. The molecule has 2 N–H and O–H groups in total. The molecular formula is C17H25BrN2. The summed E-state index contributed by atoms with van der Waals surface area (Å²) in [5.41, 5.74) is 7.75. The maximum atomic E-state index is 6.39. The summed E-state index contributed by atoms with van der Waals surface area (Å²) in [5, 5.41) is 0. The third-order valence-corrected chi connectivity index (χ3v) is 5.84. The normalized spacial score (nSPS) is 29.9. The SMILES string of the molecule is CC(N)C(c1ccccc1Br)N1CCCC2CCCC21. The Kier molecular flexibility index (Phi) is 4.49. The Morgan fingerprint density at radius 2 is 1.95 bits per heavy atom. The van der Waals surface area contributed by atoms with Gasteiger partial charge in [0.1, 0.15) is 0 Å². The second-order valence-corrected chi connectivity index (χ2v) is 7.32. The van der Waals surface area contributed by atoms with E-state index in [4.69, 9.17) is 5.73 Å². The molecule has 4 atom stereocenters. The van der Waals surface area contributed by atoms with E-state index in [0.717, 1.165) is 12.0 Å². The van der Waals surface area contributed by atoms with Gasteiger partial charge in [0.15, 0.2) is 0 Å². The molecule has 4 unspecified atom stereocenters. The van der Waals surface area contributed by atoms with Gasteiger partial charge in [-0.1, -0.05) is 40.5 Å². The molecule has 1 saturated carbocycles. The second kappa shape index (κ2) is 6.17. The number of halogens is 1. The minimum absolute atomic E-state index is 0.160. The first kappa shape index (κ1) is 14.6. The van der Waals surface area contributed by atoms with Gasteiger partial charge in [-0.15, -0.1) is 0 Å². The maximum absolute atomic E-state index is 6.39. The number of fused-ring (bicyclic) bond motifs is 1. The predicted octanol–water partition coefficient (Wildman–Crippen LogP) is 4.10. The molecule has 1 aliphatic heterocycles. The van der Waals surface area contributed by atoms with Crippen LogP contribution in [0.25, 0.3) is 0 Å². The first-order valence-corrected chi connectivity index (χ1v) is 8.73. The first-order chi connectivity index (χ1) is 9.68. The van der Waals surface area contributed by atoms with Gasteiger partial charge in [-0.2, -0.15) is 0 Å². The smallest absolute Gasteiger partial charge is 0.0510 e. The van der Waals surface area contributed by atoms with E-state index in [0.29, 0.717) is 6.04 Å². The molecule has 1 heterocycles. The lowest BCUT2D eigenvalue weighted by Gasteiger charge is -2.44. The van der Waals surface area contributed by atoms with E-state index in [1.165, 1.54) is 48.7 Å². The molecule has 0 radical (unpaired) electrons. The minimum atomic E-state index is 0.160. The highest BCUT2D eigenvalue weighted by molar-refractivity contribution is 9.10. The number of hydrogen-bond acceptors (Lipinski definition) is 2. The van der Waals surface area contributed by atoms with Crippen LogP contribution in [0.1, 0.15) is 50.6 Å². The standard InChI is InChI=1S/C17H25BrN2/c1-12(19)17(14-8-2-3-9-15(14)18)20-11-5-7-13-6-4-10-16(13)20/h2-3,8-9,12-13,16-17H,4-7,10-11,19H2,1H3. The molecule has 3 heteroatoms. The zero-order chi connectivity index (χ0) is 14.1. The van der Waals surface area contributed by atoms with Crippen molar-refractivity contribution in [1.82, 2.24) is 4.90 Å². The highest BCUT2D eigenvalue weighted by atomic mass is 79.9. The molecule has 0 spiro atoms. The largest absolute Gasteiger partial charge is 0.326 e. The fraction of sp³-hybridized carbons (Fsp3) is 0.647. The third kappa shape index (κ3) is 2.68. The molecule has 20 heavy (non-hydrogen) atoms. The van der Waals surface area contributed by atoms with Crippen molar-refractivity contribution in [1.29, 1.82) is 0 Å². The fourth-order valence-corrected chi connectivity index (χ4v) is 4.84. The van der Waals surface area contributed by atoms with E-state index >= 15 is 0 Å².